The van der Waals surface area contributed by atoms with Crippen molar-refractivity contribution in [2.24, 2.45) is 5.92 Å². The third-order valence-corrected chi connectivity index (χ3v) is 2.29. The van der Waals surface area contributed by atoms with Crippen molar-refractivity contribution in [3.8, 4) is 0 Å². The minimum atomic E-state index is 0.693. The number of nitrogens with one attached hydrogen (secondary N) is 2. The van der Waals surface area contributed by atoms with E-state index in [4.69, 9.17) is 0 Å². The number of piperazine rings is 1. The molecule has 0 bridgehead atoms. The van der Waals surface area contributed by atoms with E-state index >= 15 is 0 Å². The smallest absolute Gasteiger partial charge is 0.0529 e. The normalized spacial score (nSPS) is 20.6. The minimum absolute atomic E-state index is 0.693. The standard InChI is InChI=1S/C7H16N2.C3H3N3/c1-6(2)7-5-8-3-4-9-7;1-2-4-6-5-3-1/h6-9H,3-5H2,1-2H3;1-3H. The number of nitrogens with zero attached hydrogens (tertiary/aromatic N) is 3. The molecule has 2 heterocycles. The van der Waals surface area contributed by atoms with Crippen LogP contribution in [0.3, 0.4) is 0 Å². The summed E-state index contributed by atoms with van der Waals surface area (Å²) in [5.41, 5.74) is 0. The van der Waals surface area contributed by atoms with Gasteiger partial charge in [0.15, 0.2) is 0 Å². The van der Waals surface area contributed by atoms with Crippen molar-refractivity contribution in [1.82, 2.24) is 26.0 Å². The molecule has 5 heteroatoms. The van der Waals surface area contributed by atoms with Gasteiger partial charge >= 0.3 is 0 Å². The van der Waals surface area contributed by atoms with E-state index in [1.165, 1.54) is 0 Å². The van der Waals surface area contributed by atoms with E-state index in [1.54, 1.807) is 18.5 Å². The van der Waals surface area contributed by atoms with E-state index in [0.29, 0.717) is 6.04 Å². The lowest BCUT2D eigenvalue weighted by Crippen LogP contribution is -2.50. The average Bonchev–Trinajstić information content (AvgIpc) is 2.33. The lowest BCUT2D eigenvalue weighted by atomic mass is 10.0. The Kier molecular flexibility index (Phi) is 5.80. The fourth-order valence-corrected chi connectivity index (χ4v) is 1.35. The molecule has 0 radical (unpaired) electrons. The lowest BCUT2D eigenvalue weighted by molar-refractivity contribution is 0.342. The van der Waals surface area contributed by atoms with Gasteiger partial charge in [0.05, 0.1) is 12.4 Å². The molecule has 1 aliphatic rings. The third-order valence-electron chi connectivity index (χ3n) is 2.29. The molecule has 1 aromatic heterocycles. The highest BCUT2D eigenvalue weighted by Crippen LogP contribution is 2.00. The zero-order valence-electron chi connectivity index (χ0n) is 9.35. The molecule has 0 amide bonds. The Bertz CT molecular complexity index is 206. The van der Waals surface area contributed by atoms with E-state index in [-0.39, 0.29) is 0 Å². The molecule has 1 saturated heterocycles. The van der Waals surface area contributed by atoms with Gasteiger partial charge in [-0.1, -0.05) is 13.8 Å². The van der Waals surface area contributed by atoms with Crippen molar-refractivity contribution >= 4 is 0 Å². The maximum atomic E-state index is 3.46. The van der Waals surface area contributed by atoms with Crippen molar-refractivity contribution in [3.05, 3.63) is 18.5 Å². The van der Waals surface area contributed by atoms with Crippen molar-refractivity contribution in [2.45, 2.75) is 19.9 Å². The summed E-state index contributed by atoms with van der Waals surface area (Å²) in [5.74, 6) is 0.762. The van der Waals surface area contributed by atoms with Crippen LogP contribution in [-0.4, -0.2) is 41.1 Å². The summed E-state index contributed by atoms with van der Waals surface area (Å²) in [6, 6.07) is 2.41. The molecule has 0 aliphatic carbocycles. The van der Waals surface area contributed by atoms with Gasteiger partial charge in [-0.2, -0.15) is 0 Å². The number of rotatable bonds is 1. The van der Waals surface area contributed by atoms with Gasteiger partial charge in [-0.25, -0.2) is 0 Å². The van der Waals surface area contributed by atoms with Crippen LogP contribution < -0.4 is 10.6 Å². The van der Waals surface area contributed by atoms with Crippen LogP contribution in [0.2, 0.25) is 0 Å². The number of hydrogen-bond acceptors (Lipinski definition) is 5. The number of aromatic nitrogens is 3. The first-order valence-corrected chi connectivity index (χ1v) is 5.33. The number of hydrogen-bond donors (Lipinski definition) is 2. The predicted molar refractivity (Wildman–Crippen MR) is 59.3 cm³/mol. The summed E-state index contributed by atoms with van der Waals surface area (Å²) in [5, 5.41) is 16.9. The van der Waals surface area contributed by atoms with E-state index in [0.717, 1.165) is 25.6 Å². The quantitative estimate of drug-likeness (QED) is 0.685. The molecule has 15 heavy (non-hydrogen) atoms. The molecule has 0 spiro atoms. The summed E-state index contributed by atoms with van der Waals surface area (Å²) in [7, 11) is 0. The summed E-state index contributed by atoms with van der Waals surface area (Å²) < 4.78 is 0. The van der Waals surface area contributed by atoms with Gasteiger partial charge in [0, 0.05) is 25.7 Å². The first-order valence-electron chi connectivity index (χ1n) is 5.33. The van der Waals surface area contributed by atoms with Gasteiger partial charge < -0.3 is 10.6 Å². The minimum Gasteiger partial charge on any atom is -0.314 e. The van der Waals surface area contributed by atoms with Crippen molar-refractivity contribution in [2.75, 3.05) is 19.6 Å². The van der Waals surface area contributed by atoms with Gasteiger partial charge in [0.1, 0.15) is 0 Å². The highest BCUT2D eigenvalue weighted by atomic mass is 15.3. The van der Waals surface area contributed by atoms with Crippen LogP contribution in [0.5, 0.6) is 0 Å². The lowest BCUT2D eigenvalue weighted by Gasteiger charge is -2.27. The zero-order valence-corrected chi connectivity index (χ0v) is 9.35. The van der Waals surface area contributed by atoms with Crippen LogP contribution >= 0.6 is 0 Å². The Balaban J connectivity index is 0.000000162. The van der Waals surface area contributed by atoms with E-state index < -0.39 is 0 Å². The van der Waals surface area contributed by atoms with Crippen LogP contribution in [0.25, 0.3) is 0 Å². The topological polar surface area (TPSA) is 62.7 Å². The van der Waals surface area contributed by atoms with E-state index in [1.807, 2.05) is 0 Å². The molecule has 1 unspecified atom stereocenters. The molecule has 1 atom stereocenters. The Morgan fingerprint density at radius 2 is 1.93 bits per heavy atom. The molecular weight excluding hydrogens is 190 g/mol. The first kappa shape index (κ1) is 12.0. The van der Waals surface area contributed by atoms with E-state index in [9.17, 15) is 0 Å². The Labute approximate surface area is 90.7 Å². The molecule has 2 rings (SSSR count). The molecular formula is C10H19N5. The average molecular weight is 209 g/mol. The summed E-state index contributed by atoms with van der Waals surface area (Å²) >= 11 is 0. The Hall–Kier alpha value is -1.07. The van der Waals surface area contributed by atoms with Crippen molar-refractivity contribution in [1.29, 1.82) is 0 Å². The van der Waals surface area contributed by atoms with Crippen LogP contribution in [0.1, 0.15) is 13.8 Å². The maximum Gasteiger partial charge on any atom is 0.0529 e. The summed E-state index contributed by atoms with van der Waals surface area (Å²) in [4.78, 5) is 0. The molecule has 5 nitrogen and oxygen atoms in total. The summed E-state index contributed by atoms with van der Waals surface area (Å²) in [6.07, 6.45) is 3.15. The SMILES string of the molecule is CC(C)C1CNCCN1.c1cnnnc1. The van der Waals surface area contributed by atoms with Gasteiger partial charge in [0.25, 0.3) is 0 Å². The van der Waals surface area contributed by atoms with Crippen molar-refractivity contribution < 1.29 is 0 Å². The fourth-order valence-electron chi connectivity index (χ4n) is 1.35. The van der Waals surface area contributed by atoms with E-state index in [2.05, 4.69) is 39.9 Å². The maximum absolute atomic E-state index is 3.46. The molecule has 2 N–H and O–H groups in total. The summed E-state index contributed by atoms with van der Waals surface area (Å²) in [6.45, 7) is 7.90. The third kappa shape index (κ3) is 5.39. The molecule has 0 aromatic carbocycles. The van der Waals surface area contributed by atoms with Gasteiger partial charge in [-0.05, 0) is 17.2 Å². The highest BCUT2D eigenvalue weighted by molar-refractivity contribution is 4.77. The van der Waals surface area contributed by atoms with Gasteiger partial charge in [-0.15, -0.1) is 10.2 Å². The van der Waals surface area contributed by atoms with Gasteiger partial charge in [-0.3, -0.25) is 0 Å². The molecule has 1 aromatic rings. The Morgan fingerprint density at radius 1 is 1.20 bits per heavy atom. The largest absolute Gasteiger partial charge is 0.314 e. The van der Waals surface area contributed by atoms with Crippen LogP contribution in [0.4, 0.5) is 0 Å². The molecule has 1 fully saturated rings. The van der Waals surface area contributed by atoms with Crippen LogP contribution in [0.15, 0.2) is 18.5 Å². The zero-order chi connectivity index (χ0) is 10.9. The second-order valence-corrected chi connectivity index (χ2v) is 3.82. The monoisotopic (exact) mass is 209 g/mol. The fraction of sp³-hybridized carbons (Fsp3) is 0.700. The predicted octanol–water partition coefficient (Wildman–Crippen LogP) is 0.0754. The Morgan fingerprint density at radius 3 is 2.20 bits per heavy atom. The van der Waals surface area contributed by atoms with Crippen LogP contribution in [-0.2, 0) is 0 Å². The first-order chi connectivity index (χ1) is 7.30. The molecule has 84 valence electrons. The van der Waals surface area contributed by atoms with Crippen LogP contribution in [0, 0.1) is 5.92 Å². The second kappa shape index (κ2) is 7.25. The van der Waals surface area contributed by atoms with Gasteiger partial charge in [0.2, 0.25) is 0 Å². The second-order valence-electron chi connectivity index (χ2n) is 3.82. The molecule has 1 aliphatic heterocycles. The highest BCUT2D eigenvalue weighted by Gasteiger charge is 2.14. The van der Waals surface area contributed by atoms with Crippen molar-refractivity contribution in [3.63, 3.8) is 0 Å². The molecule has 0 saturated carbocycles.